The first-order chi connectivity index (χ1) is 5.74. The van der Waals surface area contributed by atoms with Crippen molar-refractivity contribution in [3.05, 3.63) is 0 Å². The number of amides is 2. The van der Waals surface area contributed by atoms with Crippen LogP contribution in [0.25, 0.3) is 0 Å². The van der Waals surface area contributed by atoms with Gasteiger partial charge >= 0.3 is 6.03 Å². The van der Waals surface area contributed by atoms with Crippen LogP contribution in [0.3, 0.4) is 0 Å². The number of carbonyl (C=O) groups is 1. The van der Waals surface area contributed by atoms with E-state index in [1.54, 1.807) is 19.0 Å². The molecular formula is C8H16N2OS. The molecule has 2 amide bonds. The van der Waals surface area contributed by atoms with Crippen LogP contribution in [0, 0.1) is 0 Å². The Balaban J connectivity index is 2.46. The number of hydrogen-bond acceptors (Lipinski definition) is 2. The van der Waals surface area contributed by atoms with E-state index in [0.29, 0.717) is 5.25 Å². The third-order valence-electron chi connectivity index (χ3n) is 1.97. The first kappa shape index (κ1) is 9.71. The normalized spacial score (nSPS) is 24.8. The van der Waals surface area contributed by atoms with E-state index in [9.17, 15) is 4.79 Å². The number of urea groups is 1. The molecule has 3 nitrogen and oxygen atoms in total. The zero-order valence-electron chi connectivity index (χ0n) is 7.67. The fraction of sp³-hybridized carbons (Fsp3) is 0.875. The van der Waals surface area contributed by atoms with E-state index >= 15 is 0 Å². The highest BCUT2D eigenvalue weighted by Gasteiger charge is 2.18. The lowest BCUT2D eigenvalue weighted by molar-refractivity contribution is 0.228. The fourth-order valence-corrected chi connectivity index (χ4v) is 2.41. The highest BCUT2D eigenvalue weighted by atomic mass is 32.2. The molecule has 0 saturated carbocycles. The van der Waals surface area contributed by atoms with Gasteiger partial charge in [-0.2, -0.15) is 0 Å². The van der Waals surface area contributed by atoms with Gasteiger partial charge in [-0.15, -0.1) is 0 Å². The van der Waals surface area contributed by atoms with Crippen LogP contribution >= 0.6 is 11.9 Å². The standard InChI is InChI=1S/C8H16N2OS/c1-7-5-3-4-6-10(12-7)8(11)9-2/h7H,3-6H2,1-2H3,(H,9,11). The Labute approximate surface area is 78.0 Å². The van der Waals surface area contributed by atoms with Crippen molar-refractivity contribution in [2.45, 2.75) is 31.4 Å². The van der Waals surface area contributed by atoms with Crippen molar-refractivity contribution < 1.29 is 4.79 Å². The number of hydrogen-bond donors (Lipinski definition) is 1. The van der Waals surface area contributed by atoms with Gasteiger partial charge in [0, 0.05) is 18.8 Å². The Hall–Kier alpha value is -0.380. The Bertz CT molecular complexity index is 163. The quantitative estimate of drug-likeness (QED) is 0.588. The Morgan fingerprint density at radius 1 is 1.58 bits per heavy atom. The van der Waals surface area contributed by atoms with Gasteiger partial charge in [-0.1, -0.05) is 13.3 Å². The third-order valence-corrected chi connectivity index (χ3v) is 3.17. The van der Waals surface area contributed by atoms with Crippen LogP contribution < -0.4 is 5.32 Å². The zero-order chi connectivity index (χ0) is 8.97. The first-order valence-corrected chi connectivity index (χ1v) is 5.23. The van der Waals surface area contributed by atoms with Crippen molar-refractivity contribution in [3.8, 4) is 0 Å². The summed E-state index contributed by atoms with van der Waals surface area (Å²) in [7, 11) is 1.68. The predicted molar refractivity (Wildman–Crippen MR) is 52.1 cm³/mol. The molecule has 0 aliphatic carbocycles. The van der Waals surface area contributed by atoms with Crippen molar-refractivity contribution in [2.75, 3.05) is 13.6 Å². The molecule has 0 aromatic carbocycles. The number of carbonyl (C=O) groups excluding carboxylic acids is 1. The molecule has 1 saturated heterocycles. The average Bonchev–Trinajstić information content (AvgIpc) is 2.28. The van der Waals surface area contributed by atoms with Crippen LogP contribution in [0.5, 0.6) is 0 Å². The summed E-state index contributed by atoms with van der Waals surface area (Å²) < 4.78 is 1.83. The predicted octanol–water partition coefficient (Wildman–Crippen LogP) is 1.85. The lowest BCUT2D eigenvalue weighted by Gasteiger charge is -2.20. The average molecular weight is 188 g/mol. The third kappa shape index (κ3) is 2.59. The summed E-state index contributed by atoms with van der Waals surface area (Å²) in [6, 6.07) is 0.0359. The summed E-state index contributed by atoms with van der Waals surface area (Å²) >= 11 is 1.66. The number of nitrogens with one attached hydrogen (secondary N) is 1. The van der Waals surface area contributed by atoms with Gasteiger partial charge in [0.2, 0.25) is 0 Å². The van der Waals surface area contributed by atoms with E-state index < -0.39 is 0 Å². The SMILES string of the molecule is CNC(=O)N1CCCCC(C)S1. The van der Waals surface area contributed by atoms with Crippen molar-refractivity contribution in [2.24, 2.45) is 0 Å². The topological polar surface area (TPSA) is 32.3 Å². The molecule has 4 heteroatoms. The van der Waals surface area contributed by atoms with Gasteiger partial charge < -0.3 is 5.32 Å². The lowest BCUT2D eigenvalue weighted by Crippen LogP contribution is -2.33. The van der Waals surface area contributed by atoms with E-state index in [1.807, 2.05) is 4.31 Å². The van der Waals surface area contributed by atoms with Gasteiger partial charge in [0.25, 0.3) is 0 Å². The van der Waals surface area contributed by atoms with Gasteiger partial charge in [-0.3, -0.25) is 4.31 Å². The molecule has 0 spiro atoms. The second-order valence-corrected chi connectivity index (χ2v) is 4.53. The van der Waals surface area contributed by atoms with Crippen molar-refractivity contribution >= 4 is 18.0 Å². The van der Waals surface area contributed by atoms with Gasteiger partial charge in [0.1, 0.15) is 0 Å². The summed E-state index contributed by atoms with van der Waals surface area (Å²) in [4.78, 5) is 11.3. The van der Waals surface area contributed by atoms with E-state index in [1.165, 1.54) is 12.8 Å². The Morgan fingerprint density at radius 3 is 3.00 bits per heavy atom. The second-order valence-electron chi connectivity index (χ2n) is 3.07. The smallest absolute Gasteiger partial charge is 0.327 e. The summed E-state index contributed by atoms with van der Waals surface area (Å²) in [5, 5.41) is 3.22. The maximum atomic E-state index is 11.3. The van der Waals surface area contributed by atoms with Crippen LogP contribution in [0.15, 0.2) is 0 Å². The molecule has 1 aliphatic rings. The van der Waals surface area contributed by atoms with Crippen LogP contribution in [-0.2, 0) is 0 Å². The zero-order valence-corrected chi connectivity index (χ0v) is 8.49. The van der Waals surface area contributed by atoms with Gasteiger partial charge in [0.15, 0.2) is 0 Å². The summed E-state index contributed by atoms with van der Waals surface area (Å²) in [5.41, 5.74) is 0. The fourth-order valence-electron chi connectivity index (χ4n) is 1.28. The van der Waals surface area contributed by atoms with Crippen LogP contribution in [0.1, 0.15) is 26.2 Å². The Morgan fingerprint density at radius 2 is 2.33 bits per heavy atom. The molecule has 1 rings (SSSR count). The molecule has 1 heterocycles. The van der Waals surface area contributed by atoms with E-state index in [2.05, 4.69) is 12.2 Å². The van der Waals surface area contributed by atoms with Crippen molar-refractivity contribution in [1.82, 2.24) is 9.62 Å². The molecule has 1 aliphatic heterocycles. The minimum Gasteiger partial charge on any atom is -0.340 e. The Kier molecular flexibility index (Phi) is 3.72. The van der Waals surface area contributed by atoms with Gasteiger partial charge in [0.05, 0.1) is 0 Å². The molecular weight excluding hydrogens is 172 g/mol. The summed E-state index contributed by atoms with van der Waals surface area (Å²) in [5.74, 6) is 0. The van der Waals surface area contributed by atoms with E-state index in [-0.39, 0.29) is 6.03 Å². The van der Waals surface area contributed by atoms with Crippen LogP contribution in [-0.4, -0.2) is 29.2 Å². The molecule has 1 atom stereocenters. The molecule has 1 fully saturated rings. The minimum absolute atomic E-state index is 0.0359. The molecule has 0 aromatic heterocycles. The summed E-state index contributed by atoms with van der Waals surface area (Å²) in [6.45, 7) is 3.06. The molecule has 0 radical (unpaired) electrons. The van der Waals surface area contributed by atoms with Crippen LogP contribution in [0.4, 0.5) is 4.79 Å². The maximum Gasteiger partial charge on any atom is 0.327 e. The molecule has 0 bridgehead atoms. The van der Waals surface area contributed by atoms with Gasteiger partial charge in [-0.25, -0.2) is 4.79 Å². The number of rotatable bonds is 0. The van der Waals surface area contributed by atoms with Gasteiger partial charge in [-0.05, 0) is 24.8 Å². The maximum absolute atomic E-state index is 11.3. The molecule has 70 valence electrons. The van der Waals surface area contributed by atoms with Crippen LogP contribution in [0.2, 0.25) is 0 Å². The molecule has 1 N–H and O–H groups in total. The van der Waals surface area contributed by atoms with E-state index in [4.69, 9.17) is 0 Å². The molecule has 0 aromatic rings. The lowest BCUT2D eigenvalue weighted by atomic mass is 10.2. The number of nitrogens with zero attached hydrogens (tertiary/aromatic N) is 1. The first-order valence-electron chi connectivity index (χ1n) is 4.40. The minimum atomic E-state index is 0.0359. The monoisotopic (exact) mass is 188 g/mol. The molecule has 12 heavy (non-hydrogen) atoms. The highest BCUT2D eigenvalue weighted by Crippen LogP contribution is 2.25. The van der Waals surface area contributed by atoms with Crippen molar-refractivity contribution in [1.29, 1.82) is 0 Å². The largest absolute Gasteiger partial charge is 0.340 e. The second kappa shape index (κ2) is 4.60. The van der Waals surface area contributed by atoms with E-state index in [0.717, 1.165) is 13.0 Å². The van der Waals surface area contributed by atoms with Crippen molar-refractivity contribution in [3.63, 3.8) is 0 Å². The summed E-state index contributed by atoms with van der Waals surface area (Å²) in [6.07, 6.45) is 3.59. The molecule has 1 unspecified atom stereocenters. The highest BCUT2D eigenvalue weighted by molar-refractivity contribution is 7.98.